The molecule has 0 bridgehead atoms. The van der Waals surface area contributed by atoms with Gasteiger partial charge >= 0.3 is 0 Å². The van der Waals surface area contributed by atoms with Gasteiger partial charge in [-0.3, -0.25) is 9.59 Å². The Hall–Kier alpha value is -1.14. The quantitative estimate of drug-likeness (QED) is 0.750. The molecule has 2 atom stereocenters. The van der Waals surface area contributed by atoms with Gasteiger partial charge in [-0.2, -0.15) is 0 Å². The second kappa shape index (κ2) is 8.81. The zero-order valence-electron chi connectivity index (χ0n) is 14.8. The monoisotopic (exact) mass is 336 g/mol. The van der Waals surface area contributed by atoms with Crippen molar-refractivity contribution in [1.29, 1.82) is 0 Å². The average molecular weight is 336 g/mol. The number of nitrogens with one attached hydrogen (secondary N) is 2. The number of piperazine rings is 1. The van der Waals surface area contributed by atoms with Crippen molar-refractivity contribution in [1.82, 2.24) is 20.4 Å². The van der Waals surface area contributed by atoms with Crippen LogP contribution >= 0.6 is 0 Å². The smallest absolute Gasteiger partial charge is 0.243 e. The number of rotatable bonds is 6. The minimum Gasteiger partial charge on any atom is -0.342 e. The molecule has 2 amide bonds. The summed E-state index contributed by atoms with van der Waals surface area (Å²) < 4.78 is 0. The van der Waals surface area contributed by atoms with Crippen LogP contribution < -0.4 is 10.6 Å². The number of hydrogen-bond donors (Lipinski definition) is 2. The predicted molar refractivity (Wildman–Crippen MR) is 93.7 cm³/mol. The normalized spacial score (nSPS) is 30.0. The Morgan fingerprint density at radius 1 is 0.667 bits per heavy atom. The molecule has 6 heteroatoms. The molecule has 0 aromatic carbocycles. The van der Waals surface area contributed by atoms with E-state index < -0.39 is 0 Å². The molecule has 0 radical (unpaired) electrons. The molecular weight excluding hydrogens is 304 g/mol. The van der Waals surface area contributed by atoms with Crippen LogP contribution in [0.25, 0.3) is 0 Å². The van der Waals surface area contributed by atoms with E-state index in [0.29, 0.717) is 0 Å². The molecule has 24 heavy (non-hydrogen) atoms. The third-order valence-electron chi connectivity index (χ3n) is 5.63. The second-order valence-corrected chi connectivity index (χ2v) is 7.50. The van der Waals surface area contributed by atoms with E-state index in [1.54, 1.807) is 0 Å². The first-order valence-electron chi connectivity index (χ1n) is 9.78. The number of piperidine rings is 2. The first kappa shape index (κ1) is 17.7. The molecule has 6 nitrogen and oxygen atoms in total. The molecule has 2 N–H and O–H groups in total. The van der Waals surface area contributed by atoms with Gasteiger partial charge in [0.05, 0.1) is 0 Å². The SMILES string of the molecule is O=C1NC(CCN2CCCCC2)C(=O)NC1CCN1CCCCC1. The molecule has 0 spiro atoms. The summed E-state index contributed by atoms with van der Waals surface area (Å²) in [6.07, 6.45) is 9.08. The minimum absolute atomic E-state index is 0.00439. The zero-order chi connectivity index (χ0) is 16.8. The summed E-state index contributed by atoms with van der Waals surface area (Å²) >= 11 is 0. The summed E-state index contributed by atoms with van der Waals surface area (Å²) in [5, 5.41) is 5.89. The van der Waals surface area contributed by atoms with Crippen molar-refractivity contribution >= 4 is 11.8 Å². The van der Waals surface area contributed by atoms with E-state index >= 15 is 0 Å². The third kappa shape index (κ3) is 4.93. The summed E-state index contributed by atoms with van der Waals surface area (Å²) in [4.78, 5) is 29.4. The number of likely N-dealkylation sites (tertiary alicyclic amines) is 2. The number of carbonyl (C=O) groups excluding carboxylic acids is 2. The molecular formula is C18H32N4O2. The summed E-state index contributed by atoms with van der Waals surface area (Å²) in [6, 6.07) is -0.712. The van der Waals surface area contributed by atoms with Gasteiger partial charge in [-0.15, -0.1) is 0 Å². The van der Waals surface area contributed by atoms with Crippen molar-refractivity contribution < 1.29 is 9.59 Å². The Kier molecular flexibility index (Phi) is 6.49. The molecule has 2 unspecified atom stereocenters. The van der Waals surface area contributed by atoms with Crippen LogP contribution in [0.15, 0.2) is 0 Å². The van der Waals surface area contributed by atoms with Gasteiger partial charge in [-0.05, 0) is 64.7 Å². The van der Waals surface area contributed by atoms with Gasteiger partial charge < -0.3 is 20.4 Å². The highest BCUT2D eigenvalue weighted by Crippen LogP contribution is 2.13. The van der Waals surface area contributed by atoms with Crippen molar-refractivity contribution in [3.05, 3.63) is 0 Å². The summed E-state index contributed by atoms with van der Waals surface area (Å²) in [6.45, 7) is 6.30. The van der Waals surface area contributed by atoms with Crippen LogP contribution in [-0.4, -0.2) is 73.0 Å². The fourth-order valence-electron chi connectivity index (χ4n) is 4.07. The zero-order valence-corrected chi connectivity index (χ0v) is 14.8. The maximum Gasteiger partial charge on any atom is 0.243 e. The van der Waals surface area contributed by atoms with Gasteiger partial charge in [0.25, 0.3) is 0 Å². The van der Waals surface area contributed by atoms with Gasteiger partial charge in [0.1, 0.15) is 12.1 Å². The van der Waals surface area contributed by atoms with Gasteiger partial charge in [-0.25, -0.2) is 0 Å². The fraction of sp³-hybridized carbons (Fsp3) is 0.889. The molecule has 3 saturated heterocycles. The molecule has 0 aliphatic carbocycles. The van der Waals surface area contributed by atoms with Gasteiger partial charge in [0, 0.05) is 13.1 Å². The lowest BCUT2D eigenvalue weighted by atomic mass is 10.0. The topological polar surface area (TPSA) is 64.7 Å². The van der Waals surface area contributed by atoms with E-state index in [1.165, 1.54) is 38.5 Å². The van der Waals surface area contributed by atoms with Crippen LogP contribution in [0.1, 0.15) is 51.4 Å². The molecule has 0 saturated carbocycles. The summed E-state index contributed by atoms with van der Waals surface area (Å²) in [7, 11) is 0. The van der Waals surface area contributed by atoms with Crippen LogP contribution in [0.5, 0.6) is 0 Å². The maximum atomic E-state index is 12.3. The minimum atomic E-state index is -0.356. The lowest BCUT2D eigenvalue weighted by Crippen LogP contribution is -2.62. The Morgan fingerprint density at radius 2 is 1.04 bits per heavy atom. The van der Waals surface area contributed by atoms with Crippen LogP contribution in [0, 0.1) is 0 Å². The Morgan fingerprint density at radius 3 is 1.42 bits per heavy atom. The highest BCUT2D eigenvalue weighted by atomic mass is 16.2. The van der Waals surface area contributed by atoms with E-state index in [4.69, 9.17) is 0 Å². The molecule has 0 aromatic rings. The highest BCUT2D eigenvalue weighted by molar-refractivity contribution is 5.96. The number of hydrogen-bond acceptors (Lipinski definition) is 4. The second-order valence-electron chi connectivity index (χ2n) is 7.50. The van der Waals surface area contributed by atoms with E-state index in [-0.39, 0.29) is 23.9 Å². The maximum absolute atomic E-state index is 12.3. The Labute approximate surface area is 145 Å². The fourth-order valence-corrected chi connectivity index (χ4v) is 4.07. The third-order valence-corrected chi connectivity index (χ3v) is 5.63. The number of amides is 2. The highest BCUT2D eigenvalue weighted by Gasteiger charge is 2.33. The molecule has 3 rings (SSSR count). The number of nitrogens with zero attached hydrogens (tertiary/aromatic N) is 2. The van der Waals surface area contributed by atoms with Gasteiger partial charge in [0.15, 0.2) is 0 Å². The standard InChI is InChI=1S/C18H32N4O2/c23-17-15(7-13-21-9-3-1-4-10-21)19-18(24)16(20-17)8-14-22-11-5-2-6-12-22/h15-16H,1-14H2,(H,19,24)(H,20,23). The lowest BCUT2D eigenvalue weighted by Gasteiger charge is -2.33. The number of carbonyl (C=O) groups is 2. The van der Waals surface area contributed by atoms with Crippen molar-refractivity contribution in [2.45, 2.75) is 63.5 Å². The van der Waals surface area contributed by atoms with Crippen molar-refractivity contribution in [2.24, 2.45) is 0 Å². The van der Waals surface area contributed by atoms with Crippen LogP contribution in [0.2, 0.25) is 0 Å². The van der Waals surface area contributed by atoms with Gasteiger partial charge in [0.2, 0.25) is 11.8 Å². The largest absolute Gasteiger partial charge is 0.342 e. The predicted octanol–water partition coefficient (Wildman–Crippen LogP) is 0.722. The molecule has 3 fully saturated rings. The Bertz CT molecular complexity index is 391. The summed E-state index contributed by atoms with van der Waals surface area (Å²) in [5.41, 5.74) is 0. The molecule has 3 aliphatic rings. The van der Waals surface area contributed by atoms with E-state index in [0.717, 1.165) is 52.1 Å². The average Bonchev–Trinajstić information content (AvgIpc) is 2.62. The Balaban J connectivity index is 1.40. The first-order valence-corrected chi connectivity index (χ1v) is 9.78. The molecule has 0 aromatic heterocycles. The van der Waals surface area contributed by atoms with E-state index in [1.807, 2.05) is 0 Å². The van der Waals surface area contributed by atoms with E-state index in [2.05, 4.69) is 20.4 Å². The lowest BCUT2D eigenvalue weighted by molar-refractivity contribution is -0.137. The van der Waals surface area contributed by atoms with Crippen molar-refractivity contribution in [2.75, 3.05) is 39.3 Å². The van der Waals surface area contributed by atoms with Crippen molar-refractivity contribution in [3.8, 4) is 0 Å². The van der Waals surface area contributed by atoms with E-state index in [9.17, 15) is 9.59 Å². The molecule has 3 heterocycles. The molecule has 136 valence electrons. The van der Waals surface area contributed by atoms with Crippen LogP contribution in [0.3, 0.4) is 0 Å². The van der Waals surface area contributed by atoms with Crippen LogP contribution in [0.4, 0.5) is 0 Å². The van der Waals surface area contributed by atoms with Crippen molar-refractivity contribution in [3.63, 3.8) is 0 Å². The summed E-state index contributed by atoms with van der Waals surface area (Å²) in [5.74, 6) is -0.00879. The van der Waals surface area contributed by atoms with Gasteiger partial charge in [-0.1, -0.05) is 12.8 Å². The molecule has 3 aliphatic heterocycles. The van der Waals surface area contributed by atoms with Crippen LogP contribution in [-0.2, 0) is 9.59 Å². The first-order chi connectivity index (χ1) is 11.7.